The Morgan fingerprint density at radius 3 is 1.87 bits per heavy atom. The minimum absolute atomic E-state index is 0.0142. The molecule has 0 fully saturated rings. The molecular weight excluding hydrogens is 381 g/mol. The minimum atomic E-state index is -2.97. The molecule has 0 bridgehead atoms. The number of rotatable bonds is 4. The van der Waals surface area contributed by atoms with Gasteiger partial charge in [-0.15, -0.1) is 20.4 Å². The first kappa shape index (κ1) is 19.3. The molecule has 23 heavy (non-hydrogen) atoms. The van der Waals surface area contributed by atoms with E-state index in [2.05, 4.69) is 29.9 Å². The Kier molecular flexibility index (Phi) is 7.93. The molecule has 2 aromatic rings. The van der Waals surface area contributed by atoms with Crippen LogP contribution in [0.25, 0.3) is 0 Å². The van der Waals surface area contributed by atoms with Gasteiger partial charge in [-0.25, -0.2) is 0 Å². The standard InChI is InChI=1S/C6H5ClF2N2O2.C5H4Cl2N2O/c1-12-3-2-4(7)10-11-5(3)13-6(8)9;1-10-3-2-4(6)8-9-5(3)7/h2,6H,1H3;2H,1H3. The molecule has 7 nitrogen and oxygen atoms in total. The molecule has 0 amide bonds. The van der Waals surface area contributed by atoms with E-state index in [4.69, 9.17) is 39.5 Å². The topological polar surface area (TPSA) is 79.3 Å². The number of hydrogen-bond donors (Lipinski definition) is 0. The third kappa shape index (κ3) is 6.51. The third-order valence-electron chi connectivity index (χ3n) is 2.02. The number of aromatic nitrogens is 4. The molecule has 2 rings (SSSR count). The van der Waals surface area contributed by atoms with Gasteiger partial charge in [0.2, 0.25) is 0 Å². The number of methoxy groups -OCH3 is 2. The summed E-state index contributed by atoms with van der Waals surface area (Å²) in [4.78, 5) is 0. The van der Waals surface area contributed by atoms with Crippen LogP contribution in [0.4, 0.5) is 8.78 Å². The molecule has 0 unspecified atom stereocenters. The summed E-state index contributed by atoms with van der Waals surface area (Å²) in [6.07, 6.45) is 0. The first-order valence-electron chi connectivity index (χ1n) is 5.62. The molecule has 0 N–H and O–H groups in total. The van der Waals surface area contributed by atoms with Crippen LogP contribution in [0.1, 0.15) is 0 Å². The second kappa shape index (κ2) is 9.43. The van der Waals surface area contributed by atoms with Gasteiger partial charge in [0.05, 0.1) is 14.2 Å². The Labute approximate surface area is 144 Å². The average Bonchev–Trinajstić information content (AvgIpc) is 2.51. The summed E-state index contributed by atoms with van der Waals surface area (Å²) < 4.78 is 37.0. The quantitative estimate of drug-likeness (QED) is 0.791. The molecule has 0 atom stereocenters. The normalized spacial score (nSPS) is 9.91. The van der Waals surface area contributed by atoms with Crippen LogP contribution < -0.4 is 14.2 Å². The summed E-state index contributed by atoms with van der Waals surface area (Å²) in [5, 5.41) is 14.1. The highest BCUT2D eigenvalue weighted by atomic mass is 35.5. The molecule has 0 aliphatic carbocycles. The second-order valence-electron chi connectivity index (χ2n) is 3.45. The van der Waals surface area contributed by atoms with Crippen LogP contribution in [0.5, 0.6) is 17.4 Å². The summed E-state index contributed by atoms with van der Waals surface area (Å²) in [5.41, 5.74) is 0. The number of halogens is 5. The van der Waals surface area contributed by atoms with Gasteiger partial charge in [0, 0.05) is 12.1 Å². The molecule has 0 aliphatic heterocycles. The maximum absolute atomic E-state index is 11.8. The fourth-order valence-corrected chi connectivity index (χ4v) is 1.58. The second-order valence-corrected chi connectivity index (χ2v) is 4.58. The molecule has 2 aromatic heterocycles. The Bertz CT molecular complexity index is 652. The zero-order valence-electron chi connectivity index (χ0n) is 11.6. The largest absolute Gasteiger partial charge is 0.493 e. The zero-order valence-corrected chi connectivity index (χ0v) is 13.9. The maximum atomic E-state index is 11.8. The molecule has 0 aromatic carbocycles. The smallest absolute Gasteiger partial charge is 0.388 e. The zero-order chi connectivity index (χ0) is 17.4. The van der Waals surface area contributed by atoms with E-state index >= 15 is 0 Å². The lowest BCUT2D eigenvalue weighted by Crippen LogP contribution is -2.06. The van der Waals surface area contributed by atoms with Crippen LogP contribution in [-0.2, 0) is 0 Å². The average molecular weight is 390 g/mol. The summed E-state index contributed by atoms with van der Waals surface area (Å²) in [7, 11) is 2.77. The highest BCUT2D eigenvalue weighted by molar-refractivity contribution is 6.32. The van der Waals surface area contributed by atoms with Crippen molar-refractivity contribution in [3.05, 3.63) is 27.6 Å². The Balaban J connectivity index is 0.000000238. The first-order valence-corrected chi connectivity index (χ1v) is 6.75. The van der Waals surface area contributed by atoms with Crippen LogP contribution in [0.3, 0.4) is 0 Å². The molecule has 12 heteroatoms. The van der Waals surface area contributed by atoms with Crippen LogP contribution in [-0.4, -0.2) is 41.2 Å². The minimum Gasteiger partial charge on any atom is -0.493 e. The highest BCUT2D eigenvalue weighted by Crippen LogP contribution is 2.26. The molecule has 126 valence electrons. The van der Waals surface area contributed by atoms with Crippen molar-refractivity contribution in [2.75, 3.05) is 14.2 Å². The SMILES string of the molecule is COc1cc(Cl)nnc1Cl.COc1cc(Cl)nnc1OC(F)F. The monoisotopic (exact) mass is 388 g/mol. The Morgan fingerprint density at radius 2 is 1.39 bits per heavy atom. The van der Waals surface area contributed by atoms with Gasteiger partial charge in [-0.1, -0.05) is 34.8 Å². The Hall–Kier alpha value is -1.71. The molecule has 0 saturated heterocycles. The van der Waals surface area contributed by atoms with Crippen LogP contribution in [0.2, 0.25) is 15.5 Å². The summed E-state index contributed by atoms with van der Waals surface area (Å²) in [6.45, 7) is -2.97. The van der Waals surface area contributed by atoms with Crippen molar-refractivity contribution >= 4 is 34.8 Å². The number of alkyl halides is 2. The summed E-state index contributed by atoms with van der Waals surface area (Å²) in [5.74, 6) is 0.0591. The van der Waals surface area contributed by atoms with Gasteiger partial charge in [-0.2, -0.15) is 8.78 Å². The van der Waals surface area contributed by atoms with E-state index in [-0.39, 0.29) is 27.1 Å². The van der Waals surface area contributed by atoms with E-state index in [0.717, 1.165) is 0 Å². The molecule has 0 aliphatic rings. The van der Waals surface area contributed by atoms with E-state index in [1.807, 2.05) is 0 Å². The number of ether oxygens (including phenoxy) is 3. The van der Waals surface area contributed by atoms with Crippen LogP contribution in [0.15, 0.2) is 12.1 Å². The van der Waals surface area contributed by atoms with E-state index in [1.54, 1.807) is 0 Å². The molecule has 0 saturated carbocycles. The predicted octanol–water partition coefficient (Wildman–Crippen LogP) is 3.53. The van der Waals surface area contributed by atoms with Crippen molar-refractivity contribution in [3.8, 4) is 17.4 Å². The summed E-state index contributed by atoms with van der Waals surface area (Å²) in [6, 6.07) is 2.73. The molecule has 0 spiro atoms. The van der Waals surface area contributed by atoms with Crippen LogP contribution >= 0.6 is 34.8 Å². The number of nitrogens with zero attached hydrogens (tertiary/aromatic N) is 4. The van der Waals surface area contributed by atoms with Gasteiger partial charge < -0.3 is 14.2 Å². The van der Waals surface area contributed by atoms with Gasteiger partial charge >= 0.3 is 6.61 Å². The van der Waals surface area contributed by atoms with Crippen molar-refractivity contribution in [2.24, 2.45) is 0 Å². The molecule has 2 heterocycles. The van der Waals surface area contributed by atoms with E-state index in [9.17, 15) is 8.78 Å². The molecule has 0 radical (unpaired) electrons. The van der Waals surface area contributed by atoms with Crippen molar-refractivity contribution in [2.45, 2.75) is 6.61 Å². The van der Waals surface area contributed by atoms with E-state index < -0.39 is 6.61 Å². The highest BCUT2D eigenvalue weighted by Gasteiger charge is 2.12. The lowest BCUT2D eigenvalue weighted by Gasteiger charge is -2.06. The van der Waals surface area contributed by atoms with Gasteiger partial charge in [0.1, 0.15) is 0 Å². The van der Waals surface area contributed by atoms with Gasteiger partial charge in [-0.3, -0.25) is 0 Å². The van der Waals surface area contributed by atoms with Crippen molar-refractivity contribution < 1.29 is 23.0 Å². The molecular formula is C11H9Cl3F2N4O3. The van der Waals surface area contributed by atoms with Crippen molar-refractivity contribution in [1.82, 2.24) is 20.4 Å². The van der Waals surface area contributed by atoms with E-state index in [0.29, 0.717) is 5.75 Å². The first-order chi connectivity index (χ1) is 10.9. The third-order valence-corrected chi connectivity index (χ3v) is 2.66. The Morgan fingerprint density at radius 1 is 0.870 bits per heavy atom. The fourth-order valence-electron chi connectivity index (χ4n) is 1.13. The van der Waals surface area contributed by atoms with E-state index in [1.165, 1.54) is 26.4 Å². The van der Waals surface area contributed by atoms with Crippen molar-refractivity contribution in [1.29, 1.82) is 0 Å². The van der Waals surface area contributed by atoms with Crippen LogP contribution in [0, 0.1) is 0 Å². The van der Waals surface area contributed by atoms with Gasteiger partial charge in [0.15, 0.2) is 27.0 Å². The van der Waals surface area contributed by atoms with Gasteiger partial charge in [-0.05, 0) is 0 Å². The fraction of sp³-hybridized carbons (Fsp3) is 0.273. The predicted molar refractivity (Wildman–Crippen MR) is 78.8 cm³/mol. The van der Waals surface area contributed by atoms with Crippen molar-refractivity contribution in [3.63, 3.8) is 0 Å². The number of hydrogen-bond acceptors (Lipinski definition) is 7. The summed E-state index contributed by atoms with van der Waals surface area (Å²) >= 11 is 16.5. The lowest BCUT2D eigenvalue weighted by molar-refractivity contribution is -0.0549. The maximum Gasteiger partial charge on any atom is 0.388 e. The lowest BCUT2D eigenvalue weighted by atomic mass is 10.5. The van der Waals surface area contributed by atoms with Gasteiger partial charge in [0.25, 0.3) is 5.88 Å².